The maximum atomic E-state index is 11.6. The van der Waals surface area contributed by atoms with Crippen LogP contribution in [0.5, 0.6) is 0 Å². The van der Waals surface area contributed by atoms with Gasteiger partial charge in [0, 0.05) is 5.56 Å². The summed E-state index contributed by atoms with van der Waals surface area (Å²) < 4.78 is 4.96. The number of carbonyl (C=O) groups excluding carboxylic acids is 1. The molecule has 0 saturated heterocycles. The molecule has 0 bridgehead atoms. The minimum Gasteiger partial charge on any atom is -0.410 e. The summed E-state index contributed by atoms with van der Waals surface area (Å²) in [6.07, 6.45) is 0.997. The van der Waals surface area contributed by atoms with E-state index in [0.29, 0.717) is 16.5 Å². The van der Waals surface area contributed by atoms with Crippen LogP contribution in [0.4, 0.5) is 0 Å². The molecule has 1 heterocycles. The minimum atomic E-state index is -0.300. The molecule has 0 spiro atoms. The summed E-state index contributed by atoms with van der Waals surface area (Å²) in [7, 11) is 0. The Bertz CT molecular complexity index is 437. The van der Waals surface area contributed by atoms with E-state index in [1.165, 1.54) is 0 Å². The van der Waals surface area contributed by atoms with Gasteiger partial charge < -0.3 is 4.74 Å². The molecule has 1 unspecified atom stereocenters. The highest BCUT2D eigenvalue weighted by Gasteiger charge is 2.30. The quantitative estimate of drug-likeness (QED) is 0.566. The first-order valence-corrected chi connectivity index (χ1v) is 5.45. The van der Waals surface area contributed by atoms with Crippen LogP contribution in [-0.2, 0) is 4.74 Å². The molecule has 1 aromatic rings. The first-order chi connectivity index (χ1) is 7.15. The Morgan fingerprint density at radius 1 is 1.47 bits per heavy atom. The number of cyclic esters (lactones) is 1. The molecule has 0 saturated carbocycles. The third kappa shape index (κ3) is 1.57. The van der Waals surface area contributed by atoms with E-state index in [-0.39, 0.29) is 5.97 Å². The largest absolute Gasteiger partial charge is 0.410 e. The predicted molar refractivity (Wildman–Crippen MR) is 62.3 cm³/mol. The van der Waals surface area contributed by atoms with Crippen LogP contribution >= 0.6 is 12.2 Å². The summed E-state index contributed by atoms with van der Waals surface area (Å²) in [4.78, 5) is 11.6. The van der Waals surface area contributed by atoms with Crippen molar-refractivity contribution >= 4 is 23.2 Å². The minimum absolute atomic E-state index is 0.300. The summed E-state index contributed by atoms with van der Waals surface area (Å²) >= 11 is 4.99. The van der Waals surface area contributed by atoms with Crippen LogP contribution in [-0.4, -0.2) is 11.0 Å². The highest BCUT2D eigenvalue weighted by atomic mass is 32.1. The number of carbonyl (C=O) groups is 1. The fourth-order valence-corrected chi connectivity index (χ4v) is 2.03. The fraction of sp³-hybridized carbons (Fsp3) is 0.333. The average Bonchev–Trinajstić information content (AvgIpc) is 2.54. The number of benzene rings is 1. The van der Waals surface area contributed by atoms with Crippen molar-refractivity contribution in [2.75, 3.05) is 0 Å². The lowest BCUT2D eigenvalue weighted by molar-refractivity contribution is 0.0740. The molecular weight excluding hydrogens is 208 g/mol. The van der Waals surface area contributed by atoms with Gasteiger partial charge in [-0.1, -0.05) is 26.0 Å². The molecule has 15 heavy (non-hydrogen) atoms. The summed E-state index contributed by atoms with van der Waals surface area (Å²) in [5, 5.41) is 0.306. The molecule has 78 valence electrons. The molecule has 1 aliphatic rings. The third-order valence-electron chi connectivity index (χ3n) is 2.85. The predicted octanol–water partition coefficient (Wildman–Crippen LogP) is 3.05. The zero-order valence-corrected chi connectivity index (χ0v) is 9.56. The number of esters is 1. The number of ether oxygens (including phenoxy) is 1. The fourth-order valence-electron chi connectivity index (χ4n) is 1.79. The molecule has 0 aliphatic carbocycles. The second-order valence-corrected chi connectivity index (χ2v) is 4.13. The number of hydrogen-bond donors (Lipinski definition) is 0. The van der Waals surface area contributed by atoms with E-state index >= 15 is 0 Å². The maximum absolute atomic E-state index is 11.6. The summed E-state index contributed by atoms with van der Waals surface area (Å²) in [6.45, 7) is 4.20. The normalized spacial score (nSPS) is 16.1. The molecule has 0 radical (unpaired) electrons. The van der Waals surface area contributed by atoms with Crippen LogP contribution in [0.2, 0.25) is 0 Å². The topological polar surface area (TPSA) is 26.3 Å². The van der Waals surface area contributed by atoms with E-state index in [0.717, 1.165) is 17.5 Å². The zero-order valence-electron chi connectivity index (χ0n) is 8.74. The number of thiocarbonyl (C=S) groups is 1. The van der Waals surface area contributed by atoms with Gasteiger partial charge in [0.05, 0.1) is 5.56 Å². The van der Waals surface area contributed by atoms with Crippen molar-refractivity contribution in [2.45, 2.75) is 26.2 Å². The maximum Gasteiger partial charge on any atom is 0.345 e. The van der Waals surface area contributed by atoms with E-state index in [2.05, 4.69) is 13.8 Å². The molecule has 1 aromatic carbocycles. The van der Waals surface area contributed by atoms with Gasteiger partial charge >= 0.3 is 5.97 Å². The van der Waals surface area contributed by atoms with Gasteiger partial charge in [0.1, 0.15) is 0 Å². The Morgan fingerprint density at radius 3 is 2.87 bits per heavy atom. The smallest absolute Gasteiger partial charge is 0.345 e. The van der Waals surface area contributed by atoms with Gasteiger partial charge in [-0.2, -0.15) is 0 Å². The van der Waals surface area contributed by atoms with E-state index in [1.54, 1.807) is 0 Å². The lowest BCUT2D eigenvalue weighted by Gasteiger charge is -2.11. The second-order valence-electron chi connectivity index (χ2n) is 3.76. The molecule has 3 heteroatoms. The van der Waals surface area contributed by atoms with Crippen molar-refractivity contribution in [1.29, 1.82) is 0 Å². The number of fused-ring (bicyclic) bond motifs is 1. The SMILES string of the molecule is CCC(C)c1cccc2c1C(=O)OC2=S. The Hall–Kier alpha value is -1.22. The molecule has 2 rings (SSSR count). The number of hydrogen-bond acceptors (Lipinski definition) is 3. The van der Waals surface area contributed by atoms with Crippen LogP contribution < -0.4 is 0 Å². The van der Waals surface area contributed by atoms with Gasteiger partial charge in [0.25, 0.3) is 0 Å². The lowest BCUT2D eigenvalue weighted by atomic mass is 9.92. The van der Waals surface area contributed by atoms with Gasteiger partial charge in [0.15, 0.2) is 0 Å². The lowest BCUT2D eigenvalue weighted by Crippen LogP contribution is -2.03. The Kier molecular flexibility index (Phi) is 2.57. The van der Waals surface area contributed by atoms with E-state index in [9.17, 15) is 4.79 Å². The van der Waals surface area contributed by atoms with Gasteiger partial charge in [-0.25, -0.2) is 4.79 Å². The number of rotatable bonds is 2. The average molecular weight is 220 g/mol. The van der Waals surface area contributed by atoms with Gasteiger partial charge in [-0.05, 0) is 36.2 Å². The monoisotopic (exact) mass is 220 g/mol. The van der Waals surface area contributed by atoms with Gasteiger partial charge in [-0.3, -0.25) is 0 Å². The second kappa shape index (κ2) is 3.74. The Balaban J connectivity index is 2.60. The summed E-state index contributed by atoms with van der Waals surface area (Å²) in [5.41, 5.74) is 2.48. The van der Waals surface area contributed by atoms with E-state index in [4.69, 9.17) is 17.0 Å². The van der Waals surface area contributed by atoms with Crippen LogP contribution in [0.1, 0.15) is 47.7 Å². The molecule has 0 amide bonds. The molecule has 0 N–H and O–H groups in total. The molecule has 1 aliphatic heterocycles. The Labute approximate surface area is 94.2 Å². The van der Waals surface area contributed by atoms with Crippen molar-refractivity contribution in [1.82, 2.24) is 0 Å². The highest BCUT2D eigenvalue weighted by molar-refractivity contribution is 7.80. The first-order valence-electron chi connectivity index (χ1n) is 5.04. The standard InChI is InChI=1S/C12H12O2S/c1-3-7(2)8-5-4-6-9-10(8)11(13)14-12(9)15/h4-7H,3H2,1-2H3. The summed E-state index contributed by atoms with van der Waals surface area (Å²) in [6, 6.07) is 5.74. The third-order valence-corrected chi connectivity index (χ3v) is 3.15. The van der Waals surface area contributed by atoms with Crippen molar-refractivity contribution in [3.63, 3.8) is 0 Å². The van der Waals surface area contributed by atoms with Crippen molar-refractivity contribution < 1.29 is 9.53 Å². The first kappa shape index (κ1) is 10.3. The molecule has 0 fully saturated rings. The van der Waals surface area contributed by atoms with Crippen molar-refractivity contribution in [3.05, 3.63) is 34.9 Å². The van der Waals surface area contributed by atoms with Crippen LogP contribution in [0.25, 0.3) is 0 Å². The zero-order chi connectivity index (χ0) is 11.0. The molecular formula is C12H12O2S. The van der Waals surface area contributed by atoms with Gasteiger partial charge in [0.2, 0.25) is 5.05 Å². The van der Waals surface area contributed by atoms with Crippen LogP contribution in [0.15, 0.2) is 18.2 Å². The van der Waals surface area contributed by atoms with Crippen LogP contribution in [0.3, 0.4) is 0 Å². The van der Waals surface area contributed by atoms with E-state index < -0.39 is 0 Å². The van der Waals surface area contributed by atoms with Crippen molar-refractivity contribution in [2.24, 2.45) is 0 Å². The van der Waals surface area contributed by atoms with Gasteiger partial charge in [-0.15, -0.1) is 0 Å². The summed E-state index contributed by atoms with van der Waals surface area (Å²) in [5.74, 6) is 0.0549. The van der Waals surface area contributed by atoms with E-state index in [1.807, 2.05) is 18.2 Å². The highest BCUT2D eigenvalue weighted by Crippen LogP contribution is 2.30. The molecule has 0 aromatic heterocycles. The molecule has 2 nitrogen and oxygen atoms in total. The Morgan fingerprint density at radius 2 is 2.20 bits per heavy atom. The van der Waals surface area contributed by atoms with Crippen LogP contribution in [0, 0.1) is 0 Å². The van der Waals surface area contributed by atoms with Crippen molar-refractivity contribution in [3.8, 4) is 0 Å². The molecule has 1 atom stereocenters.